The fourth-order valence-electron chi connectivity index (χ4n) is 1.92. The number of nitrogens with zero attached hydrogens (tertiary/aromatic N) is 1. The van der Waals surface area contributed by atoms with Crippen molar-refractivity contribution < 1.29 is 8.42 Å². The van der Waals surface area contributed by atoms with Crippen LogP contribution in [0.5, 0.6) is 0 Å². The topological polar surface area (TPSA) is 49.4 Å². The molecule has 0 bridgehead atoms. The molecule has 0 amide bonds. The van der Waals surface area contributed by atoms with Gasteiger partial charge in [0.25, 0.3) is 0 Å². The Hall–Kier alpha value is 0.0500. The molecule has 0 saturated heterocycles. The average molecular weight is 428 g/mol. The zero-order valence-electron chi connectivity index (χ0n) is 11.9. The summed E-state index contributed by atoms with van der Waals surface area (Å²) in [5, 5.41) is 0. The first-order chi connectivity index (χ1) is 9.30. The summed E-state index contributed by atoms with van der Waals surface area (Å²) >= 11 is 6.58. The van der Waals surface area contributed by atoms with Crippen LogP contribution in [0.2, 0.25) is 0 Å². The summed E-state index contributed by atoms with van der Waals surface area (Å²) in [6, 6.07) is 4.96. The molecule has 20 heavy (non-hydrogen) atoms. The first-order valence-electron chi connectivity index (χ1n) is 6.49. The number of nitrogens with one attached hydrogen (secondary N) is 1. The maximum absolute atomic E-state index is 12.4. The van der Waals surface area contributed by atoms with Crippen molar-refractivity contribution >= 4 is 41.9 Å². The summed E-state index contributed by atoms with van der Waals surface area (Å²) in [5.74, 6) is 0. The number of likely N-dealkylation sites (N-methyl/N-ethyl adjacent to an activating group) is 1. The molecule has 0 spiro atoms. The third-order valence-corrected chi connectivity index (χ3v) is 6.04. The van der Waals surface area contributed by atoms with Gasteiger partial charge in [0, 0.05) is 21.5 Å². The Morgan fingerprint density at radius 2 is 1.85 bits per heavy atom. The second-order valence-electron chi connectivity index (χ2n) is 4.58. The molecule has 1 aromatic carbocycles. The molecule has 0 aliphatic carbocycles. The van der Waals surface area contributed by atoms with Crippen LogP contribution in [0.25, 0.3) is 0 Å². The molecule has 4 nitrogen and oxygen atoms in total. The highest BCUT2D eigenvalue weighted by Crippen LogP contribution is 2.25. The maximum atomic E-state index is 12.4. The van der Waals surface area contributed by atoms with E-state index in [2.05, 4.69) is 55.3 Å². The highest BCUT2D eigenvalue weighted by atomic mass is 79.9. The molecule has 1 N–H and O–H groups in total. The van der Waals surface area contributed by atoms with E-state index in [9.17, 15) is 8.42 Å². The third kappa shape index (κ3) is 5.11. The lowest BCUT2D eigenvalue weighted by molar-refractivity contribution is 0.282. The van der Waals surface area contributed by atoms with Crippen molar-refractivity contribution in [3.05, 3.63) is 27.1 Å². The first-order valence-corrected chi connectivity index (χ1v) is 9.56. The summed E-state index contributed by atoms with van der Waals surface area (Å²) in [5.41, 5.74) is 0. The lowest BCUT2D eigenvalue weighted by Gasteiger charge is -2.23. The molecule has 0 heterocycles. The lowest BCUT2D eigenvalue weighted by atomic mass is 10.3. The van der Waals surface area contributed by atoms with Crippen LogP contribution in [0.4, 0.5) is 0 Å². The van der Waals surface area contributed by atoms with E-state index in [0.717, 1.165) is 17.6 Å². The maximum Gasteiger partial charge on any atom is 0.242 e. The molecule has 1 rings (SSSR count). The van der Waals surface area contributed by atoms with E-state index in [1.54, 1.807) is 18.2 Å². The number of hydrogen-bond donors (Lipinski definition) is 1. The van der Waals surface area contributed by atoms with Crippen molar-refractivity contribution in [3.63, 3.8) is 0 Å². The van der Waals surface area contributed by atoms with Crippen LogP contribution in [-0.2, 0) is 10.0 Å². The van der Waals surface area contributed by atoms with Crippen LogP contribution in [-0.4, -0.2) is 39.0 Å². The van der Waals surface area contributed by atoms with Crippen molar-refractivity contribution in [1.29, 1.82) is 0 Å². The number of hydrogen-bond acceptors (Lipinski definition) is 3. The van der Waals surface area contributed by atoms with Crippen LogP contribution >= 0.6 is 31.9 Å². The summed E-state index contributed by atoms with van der Waals surface area (Å²) in [7, 11) is -3.53. The van der Waals surface area contributed by atoms with Gasteiger partial charge in [0.15, 0.2) is 0 Å². The predicted octanol–water partition coefficient (Wildman–Crippen LogP) is 3.22. The fraction of sp³-hybridized carbons (Fsp3) is 0.538. The molecule has 1 atom stereocenters. The zero-order chi connectivity index (χ0) is 15.3. The highest BCUT2D eigenvalue weighted by Gasteiger charge is 2.21. The van der Waals surface area contributed by atoms with Crippen molar-refractivity contribution in [1.82, 2.24) is 9.62 Å². The van der Waals surface area contributed by atoms with Crippen LogP contribution in [0.1, 0.15) is 20.8 Å². The molecule has 0 saturated carbocycles. The Morgan fingerprint density at radius 1 is 1.25 bits per heavy atom. The van der Waals surface area contributed by atoms with E-state index in [-0.39, 0.29) is 10.9 Å². The van der Waals surface area contributed by atoms with E-state index in [0.29, 0.717) is 11.0 Å². The normalized spacial score (nSPS) is 13.7. The van der Waals surface area contributed by atoms with Gasteiger partial charge in [-0.15, -0.1) is 0 Å². The third-order valence-electron chi connectivity index (χ3n) is 2.97. The minimum absolute atomic E-state index is 0.147. The standard InChI is InChI=1S/C13H20Br2N2O2S/c1-4-17(5-2)9-10(3)16-20(18,19)13-8-11(14)6-7-12(13)15/h6-8,10,16H,4-5,9H2,1-3H3. The van der Waals surface area contributed by atoms with Crippen molar-refractivity contribution in [2.24, 2.45) is 0 Å². The number of benzene rings is 1. The molecule has 0 fully saturated rings. The molecule has 0 aromatic heterocycles. The fourth-order valence-corrected chi connectivity index (χ4v) is 4.65. The van der Waals surface area contributed by atoms with E-state index in [1.807, 2.05) is 6.92 Å². The summed E-state index contributed by atoms with van der Waals surface area (Å²) in [6.45, 7) is 8.51. The molecular formula is C13H20Br2N2O2S. The number of sulfonamides is 1. The van der Waals surface area contributed by atoms with Gasteiger partial charge in [-0.05, 0) is 54.1 Å². The summed E-state index contributed by atoms with van der Waals surface area (Å²) in [6.07, 6.45) is 0. The largest absolute Gasteiger partial charge is 0.302 e. The van der Waals surface area contributed by atoms with E-state index in [4.69, 9.17) is 0 Å². The van der Waals surface area contributed by atoms with Crippen LogP contribution in [0.15, 0.2) is 32.0 Å². The van der Waals surface area contributed by atoms with Crippen LogP contribution in [0.3, 0.4) is 0 Å². The second-order valence-corrected chi connectivity index (χ2v) is 8.04. The summed E-state index contributed by atoms with van der Waals surface area (Å²) < 4.78 is 28.8. The van der Waals surface area contributed by atoms with Gasteiger partial charge in [-0.25, -0.2) is 13.1 Å². The Bertz CT molecular complexity index is 545. The van der Waals surface area contributed by atoms with Crippen LogP contribution < -0.4 is 4.72 Å². The minimum Gasteiger partial charge on any atom is -0.302 e. The molecule has 0 aliphatic rings. The van der Waals surface area contributed by atoms with Gasteiger partial charge in [0.1, 0.15) is 0 Å². The Kier molecular flexibility index (Phi) is 7.14. The molecule has 0 radical (unpaired) electrons. The predicted molar refractivity (Wildman–Crippen MR) is 89.4 cm³/mol. The zero-order valence-corrected chi connectivity index (χ0v) is 15.8. The molecule has 114 valence electrons. The highest BCUT2D eigenvalue weighted by molar-refractivity contribution is 9.11. The molecule has 0 aliphatic heterocycles. The van der Waals surface area contributed by atoms with Crippen molar-refractivity contribution in [2.45, 2.75) is 31.7 Å². The van der Waals surface area contributed by atoms with Gasteiger partial charge >= 0.3 is 0 Å². The Balaban J connectivity index is 2.87. The van der Waals surface area contributed by atoms with Gasteiger partial charge in [0.05, 0.1) is 4.90 Å². The first kappa shape index (κ1) is 18.1. The second kappa shape index (κ2) is 7.89. The molecule has 7 heteroatoms. The van der Waals surface area contributed by atoms with E-state index in [1.165, 1.54) is 0 Å². The monoisotopic (exact) mass is 426 g/mol. The smallest absolute Gasteiger partial charge is 0.242 e. The summed E-state index contributed by atoms with van der Waals surface area (Å²) in [4.78, 5) is 2.43. The quantitative estimate of drug-likeness (QED) is 0.726. The number of halogens is 2. The Morgan fingerprint density at radius 3 is 2.40 bits per heavy atom. The van der Waals surface area contributed by atoms with Gasteiger partial charge in [-0.3, -0.25) is 0 Å². The molecule has 1 unspecified atom stereocenters. The Labute approximate surface area is 138 Å². The van der Waals surface area contributed by atoms with Gasteiger partial charge in [-0.1, -0.05) is 29.8 Å². The lowest BCUT2D eigenvalue weighted by Crippen LogP contribution is -2.41. The SMILES string of the molecule is CCN(CC)CC(C)NS(=O)(=O)c1cc(Br)ccc1Br. The molecular weight excluding hydrogens is 408 g/mol. The average Bonchev–Trinajstić information content (AvgIpc) is 2.38. The van der Waals surface area contributed by atoms with Crippen molar-refractivity contribution in [2.75, 3.05) is 19.6 Å². The van der Waals surface area contributed by atoms with Crippen LogP contribution in [0, 0.1) is 0 Å². The van der Waals surface area contributed by atoms with Gasteiger partial charge in [-0.2, -0.15) is 0 Å². The van der Waals surface area contributed by atoms with E-state index < -0.39 is 10.0 Å². The number of rotatable bonds is 7. The van der Waals surface area contributed by atoms with E-state index >= 15 is 0 Å². The minimum atomic E-state index is -3.53. The van der Waals surface area contributed by atoms with Gasteiger partial charge in [0.2, 0.25) is 10.0 Å². The van der Waals surface area contributed by atoms with Gasteiger partial charge < -0.3 is 4.90 Å². The molecule has 1 aromatic rings. The van der Waals surface area contributed by atoms with Crippen molar-refractivity contribution in [3.8, 4) is 0 Å².